The molecular formula is C6H12BNO2. The molecule has 1 aliphatic heterocycles. The quantitative estimate of drug-likeness (QED) is 0.423. The van der Waals surface area contributed by atoms with Crippen LogP contribution in [0.15, 0.2) is 11.0 Å². The zero-order valence-corrected chi connectivity index (χ0v) is 6.09. The maximum Gasteiger partial charge on any atom is 0.485 e. The predicted molar refractivity (Wildman–Crippen MR) is 40.4 cm³/mol. The zero-order valence-electron chi connectivity index (χ0n) is 6.09. The van der Waals surface area contributed by atoms with E-state index in [2.05, 4.69) is 5.32 Å². The fourth-order valence-electron chi connectivity index (χ4n) is 1.12. The topological polar surface area (TPSA) is 52.5 Å². The van der Waals surface area contributed by atoms with Crippen LogP contribution in [0.2, 0.25) is 0 Å². The fraction of sp³-hybridized carbons (Fsp3) is 0.667. The first-order valence-corrected chi connectivity index (χ1v) is 3.47. The lowest BCUT2D eigenvalue weighted by Crippen LogP contribution is -2.32. The van der Waals surface area contributed by atoms with E-state index in [-0.39, 0.29) is 0 Å². The van der Waals surface area contributed by atoms with Crippen molar-refractivity contribution in [2.75, 3.05) is 13.1 Å². The Morgan fingerprint density at radius 1 is 1.50 bits per heavy atom. The molecule has 0 amide bonds. The highest BCUT2D eigenvalue weighted by Crippen LogP contribution is 2.11. The maximum atomic E-state index is 8.81. The van der Waals surface area contributed by atoms with E-state index in [0.29, 0.717) is 6.54 Å². The highest BCUT2D eigenvalue weighted by molar-refractivity contribution is 6.51. The van der Waals surface area contributed by atoms with Gasteiger partial charge in [-0.3, -0.25) is 0 Å². The van der Waals surface area contributed by atoms with E-state index in [1.807, 2.05) is 6.92 Å². The van der Waals surface area contributed by atoms with E-state index in [1.54, 1.807) is 0 Å². The number of rotatable bonds is 1. The molecule has 0 aliphatic carbocycles. The Bertz CT molecular complexity index is 156. The normalized spacial score (nSPS) is 19.5. The minimum absolute atomic E-state index is 0.615. The summed E-state index contributed by atoms with van der Waals surface area (Å²) in [6.45, 7) is 3.50. The molecule has 56 valence electrons. The van der Waals surface area contributed by atoms with Gasteiger partial charge in [0.05, 0.1) is 0 Å². The van der Waals surface area contributed by atoms with Gasteiger partial charge in [-0.25, -0.2) is 0 Å². The molecule has 0 aromatic heterocycles. The molecule has 1 rings (SSSR count). The third kappa shape index (κ3) is 1.59. The monoisotopic (exact) mass is 141 g/mol. The lowest BCUT2D eigenvalue weighted by molar-refractivity contribution is 0.413. The van der Waals surface area contributed by atoms with Crippen molar-refractivity contribution in [2.24, 2.45) is 0 Å². The molecule has 0 bridgehead atoms. The van der Waals surface area contributed by atoms with Crippen LogP contribution in [-0.4, -0.2) is 30.3 Å². The molecule has 0 atom stereocenters. The SMILES string of the molecule is CC1=C(B(O)O)CNCC1. The summed E-state index contributed by atoms with van der Waals surface area (Å²) in [4.78, 5) is 0. The van der Waals surface area contributed by atoms with Crippen LogP contribution in [0.5, 0.6) is 0 Å². The minimum Gasteiger partial charge on any atom is -0.423 e. The number of nitrogens with one attached hydrogen (secondary N) is 1. The fourth-order valence-corrected chi connectivity index (χ4v) is 1.12. The Labute approximate surface area is 60.9 Å². The Morgan fingerprint density at radius 2 is 2.20 bits per heavy atom. The van der Waals surface area contributed by atoms with Crippen LogP contribution in [0.25, 0.3) is 0 Å². The average Bonchev–Trinajstić information content (AvgIpc) is 1.88. The van der Waals surface area contributed by atoms with Gasteiger partial charge >= 0.3 is 7.12 Å². The standard InChI is InChI=1S/C6H12BNO2/c1-5-2-3-8-4-6(5)7(9)10/h8-10H,2-4H2,1H3. The summed E-state index contributed by atoms with van der Waals surface area (Å²) >= 11 is 0. The van der Waals surface area contributed by atoms with Crippen molar-refractivity contribution in [3.8, 4) is 0 Å². The van der Waals surface area contributed by atoms with Gasteiger partial charge in [-0.1, -0.05) is 5.57 Å². The van der Waals surface area contributed by atoms with Gasteiger partial charge in [0.25, 0.3) is 0 Å². The second kappa shape index (κ2) is 3.19. The van der Waals surface area contributed by atoms with E-state index in [1.165, 1.54) is 0 Å². The molecule has 1 heterocycles. The largest absolute Gasteiger partial charge is 0.485 e. The van der Waals surface area contributed by atoms with E-state index >= 15 is 0 Å². The van der Waals surface area contributed by atoms with Crippen molar-refractivity contribution < 1.29 is 10.0 Å². The second-order valence-corrected chi connectivity index (χ2v) is 2.61. The van der Waals surface area contributed by atoms with Crippen molar-refractivity contribution in [1.29, 1.82) is 0 Å². The number of hydrogen-bond acceptors (Lipinski definition) is 3. The van der Waals surface area contributed by atoms with Crippen LogP contribution in [0.3, 0.4) is 0 Å². The summed E-state index contributed by atoms with van der Waals surface area (Å²) in [5, 5.41) is 20.7. The Kier molecular flexibility index (Phi) is 2.48. The van der Waals surface area contributed by atoms with Gasteiger partial charge in [0, 0.05) is 6.54 Å². The summed E-state index contributed by atoms with van der Waals surface area (Å²) in [7, 11) is -1.27. The van der Waals surface area contributed by atoms with Crippen molar-refractivity contribution >= 4 is 7.12 Å². The summed E-state index contributed by atoms with van der Waals surface area (Å²) in [5.74, 6) is 0. The highest BCUT2D eigenvalue weighted by atomic mass is 16.4. The third-order valence-electron chi connectivity index (χ3n) is 1.85. The molecule has 4 heteroatoms. The number of hydrogen-bond donors (Lipinski definition) is 3. The van der Waals surface area contributed by atoms with E-state index in [9.17, 15) is 0 Å². The van der Waals surface area contributed by atoms with Gasteiger partial charge in [0.15, 0.2) is 0 Å². The molecular weight excluding hydrogens is 129 g/mol. The van der Waals surface area contributed by atoms with Crippen molar-refractivity contribution in [1.82, 2.24) is 5.32 Å². The zero-order chi connectivity index (χ0) is 7.56. The average molecular weight is 141 g/mol. The molecule has 0 aromatic rings. The van der Waals surface area contributed by atoms with Crippen LogP contribution in [0.4, 0.5) is 0 Å². The first-order valence-electron chi connectivity index (χ1n) is 3.47. The van der Waals surface area contributed by atoms with E-state index < -0.39 is 7.12 Å². The van der Waals surface area contributed by atoms with Crippen LogP contribution < -0.4 is 5.32 Å². The molecule has 0 radical (unpaired) electrons. The molecule has 0 aromatic carbocycles. The third-order valence-corrected chi connectivity index (χ3v) is 1.85. The summed E-state index contributed by atoms with van der Waals surface area (Å²) in [6, 6.07) is 0. The van der Waals surface area contributed by atoms with E-state index in [4.69, 9.17) is 10.0 Å². The lowest BCUT2D eigenvalue weighted by atomic mass is 9.74. The summed E-state index contributed by atoms with van der Waals surface area (Å²) in [5.41, 5.74) is 1.83. The van der Waals surface area contributed by atoms with E-state index in [0.717, 1.165) is 24.0 Å². The van der Waals surface area contributed by atoms with Crippen molar-refractivity contribution in [3.63, 3.8) is 0 Å². The van der Waals surface area contributed by atoms with Gasteiger partial charge in [0.2, 0.25) is 0 Å². The van der Waals surface area contributed by atoms with Gasteiger partial charge in [-0.05, 0) is 25.4 Å². The molecule has 0 unspecified atom stereocenters. The molecule has 3 nitrogen and oxygen atoms in total. The van der Waals surface area contributed by atoms with Crippen LogP contribution in [-0.2, 0) is 0 Å². The van der Waals surface area contributed by atoms with Crippen LogP contribution in [0.1, 0.15) is 13.3 Å². The van der Waals surface area contributed by atoms with Gasteiger partial charge in [-0.2, -0.15) is 0 Å². The Hall–Kier alpha value is -0.315. The van der Waals surface area contributed by atoms with Crippen LogP contribution >= 0.6 is 0 Å². The smallest absolute Gasteiger partial charge is 0.423 e. The van der Waals surface area contributed by atoms with Crippen molar-refractivity contribution in [2.45, 2.75) is 13.3 Å². The summed E-state index contributed by atoms with van der Waals surface area (Å²) in [6.07, 6.45) is 0.924. The second-order valence-electron chi connectivity index (χ2n) is 2.61. The highest BCUT2D eigenvalue weighted by Gasteiger charge is 2.19. The molecule has 3 N–H and O–H groups in total. The molecule has 0 spiro atoms. The van der Waals surface area contributed by atoms with Gasteiger partial charge < -0.3 is 15.4 Å². The minimum atomic E-state index is -1.27. The predicted octanol–water partition coefficient (Wildman–Crippen LogP) is -0.692. The lowest BCUT2D eigenvalue weighted by Gasteiger charge is -2.17. The Balaban J connectivity index is 2.68. The molecule has 0 fully saturated rings. The van der Waals surface area contributed by atoms with Gasteiger partial charge in [0.1, 0.15) is 0 Å². The molecule has 0 saturated carbocycles. The van der Waals surface area contributed by atoms with Crippen molar-refractivity contribution in [3.05, 3.63) is 11.0 Å². The van der Waals surface area contributed by atoms with Gasteiger partial charge in [-0.15, -0.1) is 0 Å². The molecule has 1 aliphatic rings. The Morgan fingerprint density at radius 3 is 2.60 bits per heavy atom. The summed E-state index contributed by atoms with van der Waals surface area (Å²) < 4.78 is 0. The maximum absolute atomic E-state index is 8.81. The van der Waals surface area contributed by atoms with Crippen LogP contribution in [0, 0.1) is 0 Å². The first kappa shape index (κ1) is 7.79. The molecule has 0 saturated heterocycles. The molecule has 10 heavy (non-hydrogen) atoms. The first-order chi connectivity index (χ1) is 4.72.